The van der Waals surface area contributed by atoms with Crippen LogP contribution >= 0.6 is 11.3 Å². The zero-order valence-corrected chi connectivity index (χ0v) is 11.5. The van der Waals surface area contributed by atoms with Crippen LogP contribution in [0.25, 0.3) is 0 Å². The Kier molecular flexibility index (Phi) is 3.15. The Bertz CT molecular complexity index is 380. The number of thiophene rings is 1. The van der Waals surface area contributed by atoms with Crippen LogP contribution in [0.15, 0.2) is 0 Å². The molecule has 3 heteroatoms. The van der Waals surface area contributed by atoms with Gasteiger partial charge in [-0.2, -0.15) is 0 Å². The summed E-state index contributed by atoms with van der Waals surface area (Å²) in [4.78, 5) is 2.65. The molecule has 1 unspecified atom stereocenters. The van der Waals surface area contributed by atoms with Crippen molar-refractivity contribution in [1.29, 1.82) is 0 Å². The SMILES string of the molecule is CC1COc2c(C(C)C)sc(C(C)C)c2O1. The van der Waals surface area contributed by atoms with Crippen LogP contribution in [0.5, 0.6) is 11.5 Å². The zero-order chi connectivity index (χ0) is 11.9. The molecule has 1 aliphatic heterocycles. The highest BCUT2D eigenvalue weighted by atomic mass is 32.1. The summed E-state index contributed by atoms with van der Waals surface area (Å²) < 4.78 is 11.8. The molecule has 0 spiro atoms. The highest BCUT2D eigenvalue weighted by Crippen LogP contribution is 2.50. The quantitative estimate of drug-likeness (QED) is 0.773. The second kappa shape index (κ2) is 4.28. The van der Waals surface area contributed by atoms with Gasteiger partial charge in [0.05, 0.1) is 9.75 Å². The van der Waals surface area contributed by atoms with Gasteiger partial charge in [-0.05, 0) is 18.8 Å². The molecule has 2 rings (SSSR count). The van der Waals surface area contributed by atoms with Gasteiger partial charge in [0, 0.05) is 0 Å². The maximum atomic E-state index is 5.94. The van der Waals surface area contributed by atoms with Gasteiger partial charge in [-0.1, -0.05) is 27.7 Å². The van der Waals surface area contributed by atoms with E-state index in [1.807, 2.05) is 11.3 Å². The third-order valence-corrected chi connectivity index (χ3v) is 4.46. The maximum Gasteiger partial charge on any atom is 0.176 e. The monoisotopic (exact) mass is 240 g/mol. The average Bonchev–Trinajstić information content (AvgIpc) is 2.56. The summed E-state index contributed by atoms with van der Waals surface area (Å²) >= 11 is 1.84. The molecule has 1 aromatic heterocycles. The number of hydrogen-bond acceptors (Lipinski definition) is 3. The predicted molar refractivity (Wildman–Crippen MR) is 68.1 cm³/mol. The molecular formula is C13H20O2S. The van der Waals surface area contributed by atoms with Crippen molar-refractivity contribution in [3.05, 3.63) is 9.75 Å². The first kappa shape index (κ1) is 11.8. The lowest BCUT2D eigenvalue weighted by Gasteiger charge is -2.24. The second-order valence-corrected chi connectivity index (χ2v) is 6.12. The molecule has 0 aromatic carbocycles. The van der Waals surface area contributed by atoms with Gasteiger partial charge < -0.3 is 9.47 Å². The fourth-order valence-electron chi connectivity index (χ4n) is 1.88. The minimum Gasteiger partial charge on any atom is -0.485 e. The third kappa shape index (κ3) is 1.93. The van der Waals surface area contributed by atoms with Crippen molar-refractivity contribution >= 4 is 11.3 Å². The number of ether oxygens (including phenoxy) is 2. The van der Waals surface area contributed by atoms with E-state index in [-0.39, 0.29) is 6.10 Å². The van der Waals surface area contributed by atoms with Gasteiger partial charge in [-0.25, -0.2) is 0 Å². The molecule has 1 aromatic rings. The van der Waals surface area contributed by atoms with E-state index in [1.165, 1.54) is 9.75 Å². The molecule has 0 N–H and O–H groups in total. The van der Waals surface area contributed by atoms with Crippen LogP contribution in [0.2, 0.25) is 0 Å². The Morgan fingerprint density at radius 2 is 1.62 bits per heavy atom. The fraction of sp³-hybridized carbons (Fsp3) is 0.692. The Morgan fingerprint density at radius 1 is 1.06 bits per heavy atom. The van der Waals surface area contributed by atoms with Gasteiger partial charge in [0.25, 0.3) is 0 Å². The summed E-state index contributed by atoms with van der Waals surface area (Å²) in [5, 5.41) is 0. The zero-order valence-electron chi connectivity index (χ0n) is 10.7. The normalized spacial score (nSPS) is 19.6. The van der Waals surface area contributed by atoms with Crippen LogP contribution < -0.4 is 9.47 Å². The molecule has 2 heterocycles. The smallest absolute Gasteiger partial charge is 0.176 e. The maximum absolute atomic E-state index is 5.94. The Balaban J connectivity index is 2.48. The Labute approximate surface area is 102 Å². The van der Waals surface area contributed by atoms with Gasteiger partial charge in [0.15, 0.2) is 11.5 Å². The van der Waals surface area contributed by atoms with Gasteiger partial charge in [0.1, 0.15) is 12.7 Å². The third-order valence-electron chi connectivity index (χ3n) is 2.70. The average molecular weight is 240 g/mol. The first-order valence-electron chi connectivity index (χ1n) is 5.96. The molecule has 0 saturated carbocycles. The van der Waals surface area contributed by atoms with E-state index in [0.717, 1.165) is 11.5 Å². The first-order chi connectivity index (χ1) is 7.50. The topological polar surface area (TPSA) is 18.5 Å². The molecule has 2 nitrogen and oxygen atoms in total. The Hall–Kier alpha value is -0.700. The van der Waals surface area contributed by atoms with Crippen LogP contribution in [0.1, 0.15) is 56.2 Å². The number of hydrogen-bond donors (Lipinski definition) is 0. The minimum atomic E-state index is 0.166. The standard InChI is InChI=1S/C13H20O2S/c1-7(2)12-10-11(13(16-12)8(3)4)15-9(5)6-14-10/h7-9H,6H2,1-5H3. The van der Waals surface area contributed by atoms with Crippen molar-refractivity contribution in [2.75, 3.05) is 6.61 Å². The summed E-state index contributed by atoms with van der Waals surface area (Å²) in [5.41, 5.74) is 0. The summed E-state index contributed by atoms with van der Waals surface area (Å²) in [7, 11) is 0. The number of fused-ring (bicyclic) bond motifs is 1. The van der Waals surface area contributed by atoms with E-state index in [9.17, 15) is 0 Å². The molecule has 16 heavy (non-hydrogen) atoms. The molecule has 0 aliphatic carbocycles. The van der Waals surface area contributed by atoms with E-state index in [0.29, 0.717) is 18.4 Å². The summed E-state index contributed by atoms with van der Waals surface area (Å²) in [6.07, 6.45) is 0.166. The van der Waals surface area contributed by atoms with Crippen LogP contribution in [0.3, 0.4) is 0 Å². The molecule has 1 atom stereocenters. The first-order valence-corrected chi connectivity index (χ1v) is 6.78. The van der Waals surface area contributed by atoms with E-state index >= 15 is 0 Å². The molecule has 90 valence electrons. The van der Waals surface area contributed by atoms with Gasteiger partial charge >= 0.3 is 0 Å². The lowest BCUT2D eigenvalue weighted by Crippen LogP contribution is -2.26. The lowest BCUT2D eigenvalue weighted by molar-refractivity contribution is 0.103. The van der Waals surface area contributed by atoms with Crippen molar-refractivity contribution in [2.24, 2.45) is 0 Å². The molecule has 0 saturated heterocycles. The molecular weight excluding hydrogens is 220 g/mol. The van der Waals surface area contributed by atoms with Crippen molar-refractivity contribution < 1.29 is 9.47 Å². The highest BCUT2D eigenvalue weighted by molar-refractivity contribution is 7.13. The number of rotatable bonds is 2. The largest absolute Gasteiger partial charge is 0.485 e. The predicted octanol–water partition coefficient (Wildman–Crippen LogP) is 4.15. The van der Waals surface area contributed by atoms with E-state index < -0.39 is 0 Å². The molecule has 0 radical (unpaired) electrons. The van der Waals surface area contributed by atoms with Crippen molar-refractivity contribution in [2.45, 2.75) is 52.6 Å². The van der Waals surface area contributed by atoms with E-state index in [4.69, 9.17) is 9.47 Å². The fourth-order valence-corrected chi connectivity index (χ4v) is 3.07. The van der Waals surface area contributed by atoms with Crippen LogP contribution in [-0.4, -0.2) is 12.7 Å². The molecule has 0 bridgehead atoms. The highest BCUT2D eigenvalue weighted by Gasteiger charge is 2.29. The van der Waals surface area contributed by atoms with Crippen LogP contribution in [0, 0.1) is 0 Å². The van der Waals surface area contributed by atoms with Crippen molar-refractivity contribution in [1.82, 2.24) is 0 Å². The lowest BCUT2D eigenvalue weighted by atomic mass is 10.1. The van der Waals surface area contributed by atoms with Crippen molar-refractivity contribution in [3.63, 3.8) is 0 Å². The summed E-state index contributed by atoms with van der Waals surface area (Å²) in [6, 6.07) is 0. The summed E-state index contributed by atoms with van der Waals surface area (Å²) in [6.45, 7) is 11.5. The minimum absolute atomic E-state index is 0.166. The van der Waals surface area contributed by atoms with E-state index in [2.05, 4.69) is 34.6 Å². The molecule has 0 fully saturated rings. The van der Waals surface area contributed by atoms with Gasteiger partial charge in [-0.15, -0.1) is 11.3 Å². The second-order valence-electron chi connectivity index (χ2n) is 5.04. The van der Waals surface area contributed by atoms with Gasteiger partial charge in [0.2, 0.25) is 0 Å². The van der Waals surface area contributed by atoms with Crippen LogP contribution in [-0.2, 0) is 0 Å². The van der Waals surface area contributed by atoms with E-state index in [1.54, 1.807) is 0 Å². The molecule has 0 amide bonds. The van der Waals surface area contributed by atoms with Gasteiger partial charge in [-0.3, -0.25) is 0 Å². The Morgan fingerprint density at radius 3 is 2.19 bits per heavy atom. The van der Waals surface area contributed by atoms with Crippen LogP contribution in [0.4, 0.5) is 0 Å². The molecule has 1 aliphatic rings. The summed E-state index contributed by atoms with van der Waals surface area (Å²) in [5.74, 6) is 3.01. The van der Waals surface area contributed by atoms with Crippen molar-refractivity contribution in [3.8, 4) is 11.5 Å².